The van der Waals surface area contributed by atoms with Crippen LogP contribution >= 0.6 is 0 Å². The fraction of sp³-hybridized carbons (Fsp3) is 0.167. The van der Waals surface area contributed by atoms with Crippen LogP contribution < -0.4 is 5.32 Å². The second kappa shape index (κ2) is 7.69. The van der Waals surface area contributed by atoms with Crippen LogP contribution in [0, 0.1) is 0 Å². The zero-order valence-electron chi connectivity index (χ0n) is 15.6. The third-order valence-electron chi connectivity index (χ3n) is 5.06. The smallest absolute Gasteiger partial charge is 0.339 e. The minimum Gasteiger partial charge on any atom is -0.454 e. The predicted molar refractivity (Wildman–Crippen MR) is 109 cm³/mol. The summed E-state index contributed by atoms with van der Waals surface area (Å²) in [4.78, 5) is 25.2. The summed E-state index contributed by atoms with van der Waals surface area (Å²) in [6.07, 6.45) is 1.06. The van der Waals surface area contributed by atoms with Gasteiger partial charge in [0.1, 0.15) is 6.10 Å². The molecule has 0 radical (unpaired) electrons. The summed E-state index contributed by atoms with van der Waals surface area (Å²) >= 11 is 0. The van der Waals surface area contributed by atoms with E-state index in [2.05, 4.69) is 12.2 Å². The number of para-hydroxylation sites is 1. The molecule has 1 aliphatic rings. The van der Waals surface area contributed by atoms with E-state index in [-0.39, 0.29) is 18.0 Å². The molecule has 0 aliphatic carbocycles. The average molecular weight is 371 g/mol. The SMILES string of the molecule is CCc1ccccc1NC(=O)c1ccc2c(c1)C[C@H](c1ccccc1)OC2=O. The van der Waals surface area contributed by atoms with E-state index in [0.29, 0.717) is 17.5 Å². The van der Waals surface area contributed by atoms with E-state index in [1.165, 1.54) is 0 Å². The first-order valence-corrected chi connectivity index (χ1v) is 9.44. The number of hydrogen-bond acceptors (Lipinski definition) is 3. The quantitative estimate of drug-likeness (QED) is 0.660. The summed E-state index contributed by atoms with van der Waals surface area (Å²) in [5, 5.41) is 2.98. The van der Waals surface area contributed by atoms with E-state index in [9.17, 15) is 9.59 Å². The molecule has 0 saturated heterocycles. The van der Waals surface area contributed by atoms with Crippen molar-refractivity contribution in [1.82, 2.24) is 0 Å². The predicted octanol–water partition coefficient (Wildman–Crippen LogP) is 4.96. The highest BCUT2D eigenvalue weighted by atomic mass is 16.5. The van der Waals surface area contributed by atoms with Crippen molar-refractivity contribution in [1.29, 1.82) is 0 Å². The summed E-state index contributed by atoms with van der Waals surface area (Å²) in [6.45, 7) is 2.05. The van der Waals surface area contributed by atoms with Crippen LogP contribution in [0.25, 0.3) is 0 Å². The van der Waals surface area contributed by atoms with Gasteiger partial charge in [-0.2, -0.15) is 0 Å². The molecule has 1 heterocycles. The van der Waals surface area contributed by atoms with Crippen molar-refractivity contribution >= 4 is 17.6 Å². The molecule has 4 rings (SSSR count). The van der Waals surface area contributed by atoms with Gasteiger partial charge in [0.25, 0.3) is 5.91 Å². The number of esters is 1. The lowest BCUT2D eigenvalue weighted by Gasteiger charge is -2.25. The standard InChI is InChI=1S/C24H21NO3/c1-2-16-8-6-7-11-21(16)25-23(26)18-12-13-20-19(14-18)15-22(28-24(20)27)17-9-4-3-5-10-17/h3-14,22H,2,15H2,1H3,(H,25,26)/t22-/m1/s1. The molecule has 3 aromatic rings. The number of cyclic esters (lactones) is 1. The van der Waals surface area contributed by atoms with Crippen molar-refractivity contribution in [3.8, 4) is 0 Å². The van der Waals surface area contributed by atoms with Crippen molar-refractivity contribution in [3.63, 3.8) is 0 Å². The first kappa shape index (κ1) is 18.0. The third kappa shape index (κ3) is 3.54. The van der Waals surface area contributed by atoms with Crippen molar-refractivity contribution in [2.75, 3.05) is 5.32 Å². The van der Waals surface area contributed by atoms with Gasteiger partial charge in [0, 0.05) is 17.7 Å². The fourth-order valence-electron chi connectivity index (χ4n) is 3.54. The summed E-state index contributed by atoms with van der Waals surface area (Å²) < 4.78 is 5.59. The summed E-state index contributed by atoms with van der Waals surface area (Å²) in [7, 11) is 0. The number of carbonyl (C=O) groups is 2. The van der Waals surface area contributed by atoms with Gasteiger partial charge in [0.15, 0.2) is 0 Å². The molecule has 1 atom stereocenters. The molecule has 0 fully saturated rings. The van der Waals surface area contributed by atoms with Crippen molar-refractivity contribution in [3.05, 3.63) is 101 Å². The average Bonchev–Trinajstić information content (AvgIpc) is 2.74. The van der Waals surface area contributed by atoms with Gasteiger partial charge in [-0.3, -0.25) is 4.79 Å². The lowest BCUT2D eigenvalue weighted by atomic mass is 9.93. The number of aryl methyl sites for hydroxylation is 1. The molecule has 1 amide bonds. The Morgan fingerprint density at radius 3 is 2.57 bits per heavy atom. The van der Waals surface area contributed by atoms with Crippen molar-refractivity contribution in [2.45, 2.75) is 25.9 Å². The molecule has 4 heteroatoms. The van der Waals surface area contributed by atoms with Gasteiger partial charge < -0.3 is 10.1 Å². The molecular formula is C24H21NO3. The van der Waals surface area contributed by atoms with Gasteiger partial charge in [-0.15, -0.1) is 0 Å². The van der Waals surface area contributed by atoms with Crippen LogP contribution in [-0.4, -0.2) is 11.9 Å². The van der Waals surface area contributed by atoms with E-state index in [0.717, 1.165) is 28.8 Å². The molecule has 140 valence electrons. The van der Waals surface area contributed by atoms with E-state index in [1.54, 1.807) is 18.2 Å². The molecule has 0 unspecified atom stereocenters. The van der Waals surface area contributed by atoms with E-state index >= 15 is 0 Å². The number of rotatable bonds is 4. The van der Waals surface area contributed by atoms with Gasteiger partial charge >= 0.3 is 5.97 Å². The minimum absolute atomic E-state index is 0.182. The number of carbonyl (C=O) groups excluding carboxylic acids is 2. The second-order valence-corrected chi connectivity index (χ2v) is 6.85. The normalized spacial score (nSPS) is 15.5. The highest BCUT2D eigenvalue weighted by molar-refractivity contribution is 6.05. The van der Waals surface area contributed by atoms with Gasteiger partial charge in [-0.25, -0.2) is 4.79 Å². The van der Waals surface area contributed by atoms with Crippen LogP contribution in [0.2, 0.25) is 0 Å². The molecule has 4 nitrogen and oxygen atoms in total. The number of ether oxygens (including phenoxy) is 1. The fourth-order valence-corrected chi connectivity index (χ4v) is 3.54. The Balaban J connectivity index is 1.60. The number of anilines is 1. The number of amides is 1. The van der Waals surface area contributed by atoms with Gasteiger partial charge in [0.05, 0.1) is 5.56 Å². The molecule has 1 aliphatic heterocycles. The largest absolute Gasteiger partial charge is 0.454 e. The highest BCUT2D eigenvalue weighted by Crippen LogP contribution is 2.31. The van der Waals surface area contributed by atoms with E-state index in [4.69, 9.17) is 4.74 Å². The van der Waals surface area contributed by atoms with Crippen molar-refractivity contribution in [2.24, 2.45) is 0 Å². The van der Waals surface area contributed by atoms with Crippen LogP contribution in [-0.2, 0) is 17.6 Å². The van der Waals surface area contributed by atoms with E-state index < -0.39 is 0 Å². The molecule has 1 N–H and O–H groups in total. The number of fused-ring (bicyclic) bond motifs is 1. The molecular weight excluding hydrogens is 350 g/mol. The monoisotopic (exact) mass is 371 g/mol. The Bertz CT molecular complexity index is 1030. The molecule has 0 saturated carbocycles. The Morgan fingerprint density at radius 1 is 1.04 bits per heavy atom. The maximum atomic E-state index is 12.8. The van der Waals surface area contributed by atoms with Crippen molar-refractivity contribution < 1.29 is 14.3 Å². The van der Waals surface area contributed by atoms with Gasteiger partial charge in [-0.05, 0) is 47.4 Å². The van der Waals surface area contributed by atoms with Gasteiger partial charge in [0.2, 0.25) is 0 Å². The Hall–Kier alpha value is -3.40. The zero-order chi connectivity index (χ0) is 19.5. The number of nitrogens with one attached hydrogen (secondary N) is 1. The minimum atomic E-state index is -0.349. The molecule has 0 aromatic heterocycles. The molecule has 3 aromatic carbocycles. The second-order valence-electron chi connectivity index (χ2n) is 6.85. The molecule has 28 heavy (non-hydrogen) atoms. The Morgan fingerprint density at radius 2 is 1.79 bits per heavy atom. The Labute approximate surface area is 164 Å². The number of benzene rings is 3. The highest BCUT2D eigenvalue weighted by Gasteiger charge is 2.28. The van der Waals surface area contributed by atoms with Crippen LogP contribution in [0.4, 0.5) is 5.69 Å². The van der Waals surface area contributed by atoms with E-state index in [1.807, 2.05) is 54.6 Å². The van der Waals surface area contributed by atoms with Crippen LogP contribution in [0.15, 0.2) is 72.8 Å². The first-order chi connectivity index (χ1) is 13.7. The topological polar surface area (TPSA) is 55.4 Å². The number of hydrogen-bond donors (Lipinski definition) is 1. The lowest BCUT2D eigenvalue weighted by Crippen LogP contribution is -2.23. The van der Waals surface area contributed by atoms with Crippen LogP contribution in [0.3, 0.4) is 0 Å². The summed E-state index contributed by atoms with van der Waals surface area (Å²) in [5.41, 5.74) is 4.74. The molecule has 0 bridgehead atoms. The van der Waals surface area contributed by atoms with Gasteiger partial charge in [-0.1, -0.05) is 55.5 Å². The maximum absolute atomic E-state index is 12.8. The first-order valence-electron chi connectivity index (χ1n) is 9.44. The van der Waals surface area contributed by atoms with Crippen LogP contribution in [0.5, 0.6) is 0 Å². The maximum Gasteiger partial charge on any atom is 0.339 e. The third-order valence-corrected chi connectivity index (χ3v) is 5.06. The molecule has 0 spiro atoms. The lowest BCUT2D eigenvalue weighted by molar-refractivity contribution is 0.0252. The summed E-state index contributed by atoms with van der Waals surface area (Å²) in [6, 6.07) is 22.6. The summed E-state index contributed by atoms with van der Waals surface area (Å²) in [5.74, 6) is -0.530. The Kier molecular flexibility index (Phi) is 4.94. The van der Waals surface area contributed by atoms with Crippen LogP contribution in [0.1, 0.15) is 50.4 Å². The zero-order valence-corrected chi connectivity index (χ0v) is 15.6.